The lowest BCUT2D eigenvalue weighted by atomic mass is 10.2. The fourth-order valence-corrected chi connectivity index (χ4v) is 3.02. The molecule has 2 N–H and O–H groups in total. The van der Waals surface area contributed by atoms with E-state index in [2.05, 4.69) is 9.99 Å². The summed E-state index contributed by atoms with van der Waals surface area (Å²) in [4.78, 5) is 16.7. The molecule has 0 bridgehead atoms. The van der Waals surface area contributed by atoms with Crippen LogP contribution in [-0.4, -0.2) is 33.1 Å². The third-order valence-electron chi connectivity index (χ3n) is 2.99. The summed E-state index contributed by atoms with van der Waals surface area (Å²) in [5.41, 5.74) is 5.75. The minimum absolute atomic E-state index is 0.113. The molecule has 7 nitrogen and oxygen atoms in total. The zero-order valence-electron chi connectivity index (χ0n) is 12.9. The Kier molecular flexibility index (Phi) is 5.54. The van der Waals surface area contributed by atoms with Crippen LogP contribution in [0.4, 0.5) is 0 Å². The number of methoxy groups -OCH3 is 1. The van der Waals surface area contributed by atoms with E-state index in [0.717, 1.165) is 0 Å². The number of nitrogens with two attached hydrogens (primary N) is 1. The van der Waals surface area contributed by atoms with Crippen molar-refractivity contribution in [2.75, 3.05) is 12.9 Å². The van der Waals surface area contributed by atoms with Crippen molar-refractivity contribution in [1.29, 1.82) is 0 Å². The smallest absolute Gasteiger partial charge is 0.365 e. The van der Waals surface area contributed by atoms with Crippen LogP contribution in [0.2, 0.25) is 0 Å². The Morgan fingerprint density at radius 1 is 1.12 bits per heavy atom. The van der Waals surface area contributed by atoms with Gasteiger partial charge in [-0.25, -0.2) is 13.2 Å². The normalized spacial score (nSPS) is 11.8. The Morgan fingerprint density at radius 2 is 1.83 bits per heavy atom. The van der Waals surface area contributed by atoms with Gasteiger partial charge in [-0.15, -0.1) is 0 Å². The molecule has 2 aromatic carbocycles. The number of carbonyl (C=O) groups is 1. The van der Waals surface area contributed by atoms with Gasteiger partial charge in [0.25, 0.3) is 0 Å². The lowest BCUT2D eigenvalue weighted by Crippen LogP contribution is -2.24. The average Bonchev–Trinajstić information content (AvgIpc) is 2.60. The molecule has 0 unspecified atom stereocenters. The fraction of sp³-hybridized carbons (Fsp3) is 0.125. The highest BCUT2D eigenvalue weighted by Crippen LogP contribution is 2.14. The third kappa shape index (κ3) is 4.56. The number of hydrogen-bond acceptors (Lipinski definition) is 6. The Bertz CT molecular complexity index is 848. The maximum Gasteiger partial charge on any atom is 0.365 e. The fourth-order valence-electron chi connectivity index (χ4n) is 1.84. The number of hydrogen-bond donors (Lipinski definition) is 1. The number of amidine groups is 1. The minimum Gasteiger partial charge on any atom is -0.497 e. The molecular weight excluding hydrogens is 332 g/mol. The molecule has 24 heavy (non-hydrogen) atoms. The van der Waals surface area contributed by atoms with Crippen molar-refractivity contribution >= 4 is 21.6 Å². The van der Waals surface area contributed by atoms with Gasteiger partial charge in [-0.2, -0.15) is 0 Å². The molecule has 8 heteroatoms. The molecule has 0 radical (unpaired) electrons. The van der Waals surface area contributed by atoms with Crippen LogP contribution in [-0.2, 0) is 14.7 Å². The quantitative estimate of drug-likeness (QED) is 0.368. The van der Waals surface area contributed by atoms with Gasteiger partial charge in [0.05, 0.1) is 17.6 Å². The highest BCUT2D eigenvalue weighted by Gasteiger charge is 2.17. The van der Waals surface area contributed by atoms with Crippen molar-refractivity contribution in [2.45, 2.75) is 4.90 Å². The van der Waals surface area contributed by atoms with E-state index in [1.54, 1.807) is 30.3 Å². The summed E-state index contributed by atoms with van der Waals surface area (Å²) in [6.45, 7) is 0. The van der Waals surface area contributed by atoms with E-state index in [9.17, 15) is 13.2 Å². The summed E-state index contributed by atoms with van der Waals surface area (Å²) >= 11 is 0. The van der Waals surface area contributed by atoms with Gasteiger partial charge in [-0.05, 0) is 30.3 Å². The Morgan fingerprint density at radius 3 is 2.50 bits per heavy atom. The second kappa shape index (κ2) is 7.60. The zero-order chi connectivity index (χ0) is 17.6. The molecule has 0 heterocycles. The Hall–Kier alpha value is -2.87. The monoisotopic (exact) mass is 348 g/mol. The summed E-state index contributed by atoms with van der Waals surface area (Å²) in [6, 6.07) is 14.1. The maximum absolute atomic E-state index is 12.1. The lowest BCUT2D eigenvalue weighted by molar-refractivity contribution is 0.0515. The first-order valence-corrected chi connectivity index (χ1v) is 8.53. The van der Waals surface area contributed by atoms with E-state index in [0.29, 0.717) is 5.75 Å². The van der Waals surface area contributed by atoms with Gasteiger partial charge in [-0.3, -0.25) is 0 Å². The number of rotatable bonds is 6. The van der Waals surface area contributed by atoms with E-state index in [1.165, 1.54) is 31.4 Å². The van der Waals surface area contributed by atoms with E-state index < -0.39 is 21.6 Å². The second-order valence-corrected chi connectivity index (χ2v) is 6.76. The second-order valence-electron chi connectivity index (χ2n) is 4.77. The van der Waals surface area contributed by atoms with Crippen molar-refractivity contribution in [3.05, 3.63) is 60.2 Å². The van der Waals surface area contributed by atoms with Crippen LogP contribution < -0.4 is 10.5 Å². The predicted octanol–water partition coefficient (Wildman–Crippen LogP) is 1.60. The number of nitrogens with zero attached hydrogens (tertiary/aromatic N) is 1. The van der Waals surface area contributed by atoms with E-state index in [-0.39, 0.29) is 16.3 Å². The van der Waals surface area contributed by atoms with E-state index >= 15 is 0 Å². The van der Waals surface area contributed by atoms with E-state index in [4.69, 9.17) is 10.5 Å². The molecule has 126 valence electrons. The first-order valence-electron chi connectivity index (χ1n) is 6.88. The van der Waals surface area contributed by atoms with E-state index in [1.807, 2.05) is 0 Å². The van der Waals surface area contributed by atoms with Gasteiger partial charge in [0, 0.05) is 0 Å². The molecular formula is C16H16N2O5S. The molecule has 0 amide bonds. The number of oxime groups is 1. The van der Waals surface area contributed by atoms with Crippen LogP contribution in [0, 0.1) is 0 Å². The number of carbonyl (C=O) groups excluding carboxylic acids is 1. The van der Waals surface area contributed by atoms with Gasteiger partial charge in [-0.1, -0.05) is 29.4 Å². The van der Waals surface area contributed by atoms with Gasteiger partial charge in [0.15, 0.2) is 15.7 Å². The number of sulfone groups is 1. The molecule has 0 saturated carbocycles. The molecule has 0 aliphatic heterocycles. The SMILES string of the molecule is COc1cccc(C(=O)O/N=C(/N)CS(=O)(=O)c2ccccc2)c1. The van der Waals surface area contributed by atoms with Gasteiger partial charge in [0.2, 0.25) is 0 Å². The topological polar surface area (TPSA) is 108 Å². The Balaban J connectivity index is 2.05. The van der Waals surface area contributed by atoms with Crippen molar-refractivity contribution in [3.63, 3.8) is 0 Å². The summed E-state index contributed by atoms with van der Waals surface area (Å²) in [5.74, 6) is -1.17. The summed E-state index contributed by atoms with van der Waals surface area (Å²) in [7, 11) is -2.18. The molecule has 0 atom stereocenters. The predicted molar refractivity (Wildman–Crippen MR) is 88.5 cm³/mol. The standard InChI is InChI=1S/C16H16N2O5S/c1-22-13-7-5-6-12(10-13)16(19)23-18-15(17)11-24(20,21)14-8-3-2-4-9-14/h2-10H,11H2,1H3,(H2,17,18). The van der Waals surface area contributed by atoms with Gasteiger partial charge < -0.3 is 15.3 Å². The number of ether oxygens (including phenoxy) is 1. The van der Waals surface area contributed by atoms with Crippen molar-refractivity contribution in [1.82, 2.24) is 0 Å². The third-order valence-corrected chi connectivity index (χ3v) is 4.66. The molecule has 0 aromatic heterocycles. The minimum atomic E-state index is -3.65. The molecule has 0 saturated heterocycles. The summed E-state index contributed by atoms with van der Waals surface area (Å²) in [6.07, 6.45) is 0. The van der Waals surface area contributed by atoms with Gasteiger partial charge >= 0.3 is 5.97 Å². The highest BCUT2D eigenvalue weighted by atomic mass is 32.2. The molecule has 2 aromatic rings. The van der Waals surface area contributed by atoms with Crippen molar-refractivity contribution in [3.8, 4) is 5.75 Å². The first kappa shape index (κ1) is 17.5. The van der Waals surface area contributed by atoms with Crippen LogP contribution in [0.5, 0.6) is 5.75 Å². The molecule has 0 aliphatic rings. The van der Waals surface area contributed by atoms with Crippen LogP contribution in [0.15, 0.2) is 64.6 Å². The number of benzene rings is 2. The summed E-state index contributed by atoms with van der Waals surface area (Å²) < 4.78 is 29.2. The van der Waals surface area contributed by atoms with Crippen LogP contribution in [0.25, 0.3) is 0 Å². The summed E-state index contributed by atoms with van der Waals surface area (Å²) in [5, 5.41) is 3.39. The molecule has 0 spiro atoms. The largest absolute Gasteiger partial charge is 0.497 e. The van der Waals surface area contributed by atoms with Crippen molar-refractivity contribution < 1.29 is 22.8 Å². The first-order chi connectivity index (χ1) is 11.4. The molecule has 0 aliphatic carbocycles. The average molecular weight is 348 g/mol. The Labute approximate surface area is 139 Å². The van der Waals surface area contributed by atoms with Crippen LogP contribution in [0.1, 0.15) is 10.4 Å². The van der Waals surface area contributed by atoms with Gasteiger partial charge in [0.1, 0.15) is 11.5 Å². The van der Waals surface area contributed by atoms with Crippen molar-refractivity contribution in [2.24, 2.45) is 10.9 Å². The maximum atomic E-state index is 12.1. The molecule has 0 fully saturated rings. The highest BCUT2D eigenvalue weighted by molar-refractivity contribution is 7.92. The molecule has 2 rings (SSSR count). The zero-order valence-corrected chi connectivity index (χ0v) is 13.7. The van der Waals surface area contributed by atoms with Crippen LogP contribution >= 0.6 is 0 Å². The lowest BCUT2D eigenvalue weighted by Gasteiger charge is -2.04. The van der Waals surface area contributed by atoms with Crippen LogP contribution in [0.3, 0.4) is 0 Å².